The second-order valence-corrected chi connectivity index (χ2v) is 9.52. The highest BCUT2D eigenvalue weighted by Crippen LogP contribution is 2.68. The molecule has 0 saturated heterocycles. The number of nitrogens with one attached hydrogen (secondary N) is 2. The summed E-state index contributed by atoms with van der Waals surface area (Å²) in [5.41, 5.74) is -2.90. The van der Waals surface area contributed by atoms with Gasteiger partial charge in [0.1, 0.15) is 0 Å². The Balaban J connectivity index is 1.21. The van der Waals surface area contributed by atoms with Crippen LogP contribution in [0.3, 0.4) is 0 Å². The molecule has 0 aromatic heterocycles. The van der Waals surface area contributed by atoms with Gasteiger partial charge in [-0.15, -0.1) is 0 Å². The van der Waals surface area contributed by atoms with E-state index in [0.29, 0.717) is 37.1 Å². The maximum Gasteiger partial charge on any atom is 0.416 e. The smallest absolute Gasteiger partial charge is 0.385 e. The van der Waals surface area contributed by atoms with Gasteiger partial charge < -0.3 is 10.6 Å². The lowest BCUT2D eigenvalue weighted by Crippen LogP contribution is -2.36. The van der Waals surface area contributed by atoms with Crippen molar-refractivity contribution in [2.45, 2.75) is 50.5 Å². The molecule has 1 amide bonds. The van der Waals surface area contributed by atoms with E-state index in [4.69, 9.17) is 0 Å². The van der Waals surface area contributed by atoms with Crippen LogP contribution in [-0.4, -0.2) is 31.3 Å². The van der Waals surface area contributed by atoms with Gasteiger partial charge in [0.15, 0.2) is 0 Å². The van der Waals surface area contributed by atoms with E-state index in [-0.39, 0.29) is 41.1 Å². The van der Waals surface area contributed by atoms with Crippen LogP contribution in [0.4, 0.5) is 26.3 Å². The second kappa shape index (κ2) is 9.36. The number of hydrogen-bond donors (Lipinski definition) is 2. The summed E-state index contributed by atoms with van der Waals surface area (Å²) in [5, 5.41) is 6.28. The van der Waals surface area contributed by atoms with Crippen LogP contribution in [0.15, 0.2) is 29.8 Å². The fourth-order valence-electron chi connectivity index (χ4n) is 4.65. The third-order valence-corrected chi connectivity index (χ3v) is 7.06. The van der Waals surface area contributed by atoms with Crippen molar-refractivity contribution < 1.29 is 31.1 Å². The fourth-order valence-corrected chi connectivity index (χ4v) is 4.65. The number of hydrogen-bond acceptors (Lipinski definition) is 3. The van der Waals surface area contributed by atoms with E-state index in [1.54, 1.807) is 6.21 Å². The third-order valence-electron chi connectivity index (χ3n) is 7.06. The lowest BCUT2D eigenvalue weighted by atomic mass is 9.86. The number of rotatable bonds is 8. The van der Waals surface area contributed by atoms with Crippen LogP contribution in [0, 0.1) is 23.7 Å². The average Bonchev–Trinajstić information content (AvgIpc) is 3.67. The summed E-state index contributed by atoms with van der Waals surface area (Å²) < 4.78 is 78.4. The van der Waals surface area contributed by atoms with Gasteiger partial charge in [0.05, 0.1) is 11.1 Å². The Morgan fingerprint density at radius 1 is 1.00 bits per heavy atom. The van der Waals surface area contributed by atoms with Crippen molar-refractivity contribution in [2.75, 3.05) is 13.1 Å². The molecule has 1 aromatic carbocycles. The Kier molecular flexibility index (Phi) is 6.81. The largest absolute Gasteiger partial charge is 0.416 e. The molecule has 0 heterocycles. The Hall–Kier alpha value is -2.36. The number of halogens is 6. The highest BCUT2D eigenvalue weighted by molar-refractivity contribution is 5.90. The summed E-state index contributed by atoms with van der Waals surface area (Å²) in [5.74, 6) is 1.58. The first-order chi connectivity index (χ1) is 15.9. The van der Waals surface area contributed by atoms with Gasteiger partial charge in [-0.05, 0) is 73.6 Å². The molecule has 3 aliphatic rings. The van der Waals surface area contributed by atoms with Crippen LogP contribution in [-0.2, 0) is 17.1 Å². The van der Waals surface area contributed by atoms with Crippen molar-refractivity contribution in [2.24, 2.45) is 28.7 Å². The van der Waals surface area contributed by atoms with E-state index in [1.165, 1.54) is 6.42 Å². The molecule has 3 fully saturated rings. The maximum atomic E-state index is 13.1. The van der Waals surface area contributed by atoms with E-state index >= 15 is 0 Å². The second-order valence-electron chi connectivity index (χ2n) is 9.52. The number of fused-ring (bicyclic) bond motifs is 1. The normalized spacial score (nSPS) is 28.5. The predicted octanol–water partition coefficient (Wildman–Crippen LogP) is 5.30. The topological polar surface area (TPSA) is 53.5 Å². The molecule has 3 saturated carbocycles. The van der Waals surface area contributed by atoms with E-state index in [1.807, 2.05) is 0 Å². The lowest BCUT2D eigenvalue weighted by molar-refractivity contribution is -0.143. The summed E-state index contributed by atoms with van der Waals surface area (Å²) in [6.45, 7) is 4.60. The Labute approximate surface area is 193 Å². The van der Waals surface area contributed by atoms with E-state index in [0.717, 1.165) is 25.7 Å². The van der Waals surface area contributed by atoms with Crippen LogP contribution in [0.1, 0.15) is 48.8 Å². The summed E-state index contributed by atoms with van der Waals surface area (Å²) in [4.78, 5) is 15.8. The average molecular weight is 487 g/mol. The minimum absolute atomic E-state index is 0.0128. The number of alkyl halides is 6. The Morgan fingerprint density at radius 3 is 2.09 bits per heavy atom. The summed E-state index contributed by atoms with van der Waals surface area (Å²) in [7, 11) is 0. The molecule has 2 atom stereocenters. The molecule has 4 rings (SSSR count). The molecule has 0 spiro atoms. The third kappa shape index (κ3) is 6.00. The van der Waals surface area contributed by atoms with Crippen LogP contribution in [0.25, 0.3) is 5.70 Å². The van der Waals surface area contributed by atoms with E-state index < -0.39 is 23.5 Å². The minimum atomic E-state index is -4.89. The molecular formula is C24H27F6N3O. The van der Waals surface area contributed by atoms with Crippen LogP contribution >= 0.6 is 0 Å². The van der Waals surface area contributed by atoms with Crippen LogP contribution in [0.2, 0.25) is 0 Å². The van der Waals surface area contributed by atoms with Crippen molar-refractivity contribution in [3.05, 3.63) is 41.5 Å². The monoisotopic (exact) mass is 487 g/mol. The molecular weight excluding hydrogens is 460 g/mol. The molecule has 0 radical (unpaired) electrons. The number of aliphatic imine (C=N–C) groups is 1. The van der Waals surface area contributed by atoms with Crippen LogP contribution < -0.4 is 10.6 Å². The molecule has 0 aliphatic heterocycles. The summed E-state index contributed by atoms with van der Waals surface area (Å²) in [6.07, 6.45) is -3.50. The number of nitrogens with zero attached hydrogens (tertiary/aromatic N) is 1. The first-order valence-electron chi connectivity index (χ1n) is 11.5. The molecule has 0 bridgehead atoms. The highest BCUT2D eigenvalue weighted by atomic mass is 19.4. The van der Waals surface area contributed by atoms with Crippen molar-refractivity contribution in [3.63, 3.8) is 0 Å². The van der Waals surface area contributed by atoms with Gasteiger partial charge >= 0.3 is 12.4 Å². The van der Waals surface area contributed by atoms with E-state index in [2.05, 4.69) is 22.2 Å². The zero-order valence-corrected chi connectivity index (χ0v) is 18.5. The molecule has 4 nitrogen and oxygen atoms in total. The molecule has 186 valence electrons. The Bertz CT molecular complexity index is 922. The van der Waals surface area contributed by atoms with Gasteiger partial charge in [-0.1, -0.05) is 6.58 Å². The quantitative estimate of drug-likeness (QED) is 0.387. The highest BCUT2D eigenvalue weighted by Gasteiger charge is 2.67. The van der Waals surface area contributed by atoms with Gasteiger partial charge in [-0.3, -0.25) is 4.79 Å². The minimum Gasteiger partial charge on any atom is -0.385 e. The fraction of sp³-hybridized carbons (Fsp3) is 0.583. The van der Waals surface area contributed by atoms with Gasteiger partial charge in [-0.25, -0.2) is 4.99 Å². The first kappa shape index (κ1) is 24.8. The van der Waals surface area contributed by atoms with E-state index in [9.17, 15) is 31.1 Å². The van der Waals surface area contributed by atoms with Crippen molar-refractivity contribution in [3.8, 4) is 0 Å². The Morgan fingerprint density at radius 2 is 1.59 bits per heavy atom. The van der Waals surface area contributed by atoms with Crippen molar-refractivity contribution in [1.82, 2.24) is 10.6 Å². The molecule has 1 aromatic rings. The molecule has 3 aliphatic carbocycles. The molecule has 10 heteroatoms. The number of carbonyl (C=O) groups is 1. The molecule has 34 heavy (non-hydrogen) atoms. The lowest BCUT2D eigenvalue weighted by Gasteiger charge is -2.29. The number of benzene rings is 1. The zero-order valence-electron chi connectivity index (χ0n) is 18.5. The zero-order chi connectivity index (χ0) is 24.7. The van der Waals surface area contributed by atoms with Crippen molar-refractivity contribution in [1.29, 1.82) is 0 Å². The SMILES string of the molecule is C=C(NCC1CCC(NCC=NC(=O)C2C3CC32)CC1)c1cc(C(F)(F)F)cc(C(F)(F)F)c1. The summed E-state index contributed by atoms with van der Waals surface area (Å²) in [6, 6.07) is 1.77. The molecule has 2 unspecified atom stereocenters. The number of carbonyl (C=O) groups excluding carboxylic acids is 1. The van der Waals surface area contributed by atoms with Gasteiger partial charge in [0.2, 0.25) is 5.91 Å². The standard InChI is InChI=1S/C24H27F6N3O/c1-13(15-8-16(23(25,26)27)10-17(9-15)24(28,29)30)33-12-14-2-4-18(5-3-14)31-6-7-32-22(34)21-19-11-20(19)21/h7-10,14,18-21,31,33H,1-6,11-12H2. The van der Waals surface area contributed by atoms with Gasteiger partial charge in [-0.2, -0.15) is 26.3 Å². The summed E-state index contributed by atoms with van der Waals surface area (Å²) >= 11 is 0. The van der Waals surface area contributed by atoms with Gasteiger partial charge in [0, 0.05) is 37.0 Å². The van der Waals surface area contributed by atoms with Crippen LogP contribution in [0.5, 0.6) is 0 Å². The molecule has 2 N–H and O–H groups in total. The van der Waals surface area contributed by atoms with Gasteiger partial charge in [0.25, 0.3) is 0 Å². The predicted molar refractivity (Wildman–Crippen MR) is 116 cm³/mol. The maximum absolute atomic E-state index is 13.1. The number of amides is 1. The van der Waals surface area contributed by atoms with Crippen molar-refractivity contribution >= 4 is 17.8 Å². The first-order valence-corrected chi connectivity index (χ1v) is 11.5.